The molecule has 0 atom stereocenters. The average Bonchev–Trinajstić information content (AvgIpc) is 3.23. The van der Waals surface area contributed by atoms with E-state index >= 15 is 0 Å². The normalized spacial score (nSPS) is 10.8. The van der Waals surface area contributed by atoms with Crippen LogP contribution in [0.1, 0.15) is 10.4 Å². The molecule has 0 fully saturated rings. The van der Waals surface area contributed by atoms with Crippen molar-refractivity contribution >= 4 is 29.3 Å². The van der Waals surface area contributed by atoms with E-state index in [0.717, 1.165) is 23.9 Å². The molecule has 4 aromatic rings. The van der Waals surface area contributed by atoms with Gasteiger partial charge in [0.05, 0.1) is 17.0 Å². The maximum absolute atomic E-state index is 14.4. The van der Waals surface area contributed by atoms with Crippen LogP contribution in [-0.4, -0.2) is 32.3 Å². The summed E-state index contributed by atoms with van der Waals surface area (Å²) in [7, 11) is 0. The second-order valence-corrected chi connectivity index (χ2v) is 7.94. The van der Waals surface area contributed by atoms with Crippen molar-refractivity contribution in [2.75, 3.05) is 11.1 Å². The van der Waals surface area contributed by atoms with E-state index in [9.17, 15) is 22.8 Å². The van der Waals surface area contributed by atoms with Gasteiger partial charge in [0.2, 0.25) is 11.8 Å². The predicted octanol–water partition coefficient (Wildman–Crippen LogP) is 4.18. The molecule has 1 aromatic heterocycles. The van der Waals surface area contributed by atoms with Crippen molar-refractivity contribution in [3.05, 3.63) is 89.7 Å². The van der Waals surface area contributed by atoms with E-state index in [1.807, 2.05) is 0 Å². The highest BCUT2D eigenvalue weighted by Gasteiger charge is 2.20. The Morgan fingerprint density at radius 3 is 2.38 bits per heavy atom. The fourth-order valence-corrected chi connectivity index (χ4v) is 3.85. The summed E-state index contributed by atoms with van der Waals surface area (Å²) in [6.07, 6.45) is 0. The number of nitrogens with two attached hydrogens (primary N) is 1. The van der Waals surface area contributed by atoms with E-state index in [2.05, 4.69) is 15.5 Å². The molecular weight excluding hydrogens is 467 g/mol. The average molecular weight is 483 g/mol. The van der Waals surface area contributed by atoms with Gasteiger partial charge in [-0.1, -0.05) is 23.9 Å². The molecule has 0 aliphatic heterocycles. The first-order valence-corrected chi connectivity index (χ1v) is 10.8. The number of rotatable bonds is 7. The minimum Gasteiger partial charge on any atom is -0.366 e. The minimum atomic E-state index is -0.766. The third-order valence-electron chi connectivity index (χ3n) is 4.69. The van der Waals surface area contributed by atoms with E-state index in [-0.39, 0.29) is 33.5 Å². The zero-order chi connectivity index (χ0) is 24.2. The SMILES string of the molecule is NC(=O)c1ccc(F)c(NC(=O)CSc2nnc(-c3ccccc3F)n2-c2ccc(F)cc2)c1. The maximum Gasteiger partial charge on any atom is 0.248 e. The number of hydrogen-bond donors (Lipinski definition) is 2. The third-order valence-corrected chi connectivity index (χ3v) is 5.62. The summed E-state index contributed by atoms with van der Waals surface area (Å²) in [5, 5.41) is 10.7. The number of hydrogen-bond acceptors (Lipinski definition) is 5. The van der Waals surface area contributed by atoms with Crippen LogP contribution in [-0.2, 0) is 4.79 Å². The Kier molecular flexibility index (Phi) is 6.64. The van der Waals surface area contributed by atoms with Crippen LogP contribution >= 0.6 is 11.8 Å². The van der Waals surface area contributed by atoms with Gasteiger partial charge in [0, 0.05) is 11.3 Å². The van der Waals surface area contributed by atoms with Crippen molar-refractivity contribution in [3.63, 3.8) is 0 Å². The first-order chi connectivity index (χ1) is 16.3. The number of benzene rings is 3. The third kappa shape index (κ3) is 4.94. The van der Waals surface area contributed by atoms with Crippen LogP contribution in [0.3, 0.4) is 0 Å². The highest BCUT2D eigenvalue weighted by molar-refractivity contribution is 7.99. The monoisotopic (exact) mass is 483 g/mol. The summed E-state index contributed by atoms with van der Waals surface area (Å²) < 4.78 is 43.4. The molecule has 3 aromatic carbocycles. The van der Waals surface area contributed by atoms with Gasteiger partial charge in [0.15, 0.2) is 11.0 Å². The lowest BCUT2D eigenvalue weighted by Gasteiger charge is -2.11. The van der Waals surface area contributed by atoms with Crippen LogP contribution in [0.15, 0.2) is 71.9 Å². The van der Waals surface area contributed by atoms with Gasteiger partial charge in [-0.3, -0.25) is 14.2 Å². The fraction of sp³-hybridized carbons (Fsp3) is 0.0435. The molecule has 0 saturated carbocycles. The van der Waals surface area contributed by atoms with Gasteiger partial charge in [-0.15, -0.1) is 10.2 Å². The number of aromatic nitrogens is 3. The van der Waals surface area contributed by atoms with Crippen LogP contribution in [0.2, 0.25) is 0 Å². The van der Waals surface area contributed by atoms with E-state index < -0.39 is 29.3 Å². The van der Waals surface area contributed by atoms with E-state index in [0.29, 0.717) is 5.69 Å². The molecule has 0 radical (unpaired) electrons. The summed E-state index contributed by atoms with van der Waals surface area (Å²) in [6, 6.07) is 14.7. The largest absolute Gasteiger partial charge is 0.366 e. The lowest BCUT2D eigenvalue weighted by Crippen LogP contribution is -2.17. The molecule has 3 N–H and O–H groups in total. The summed E-state index contributed by atoms with van der Waals surface area (Å²) in [5.41, 5.74) is 5.65. The molecular formula is C23H16F3N5O2S. The van der Waals surface area contributed by atoms with Crippen molar-refractivity contribution in [2.24, 2.45) is 5.73 Å². The number of primary amides is 1. The molecule has 2 amide bonds. The van der Waals surface area contributed by atoms with Gasteiger partial charge in [0.25, 0.3) is 0 Å². The second kappa shape index (κ2) is 9.79. The Hall–Kier alpha value is -4.12. The molecule has 11 heteroatoms. The quantitative estimate of drug-likeness (QED) is 0.384. The van der Waals surface area contributed by atoms with E-state index in [1.54, 1.807) is 6.07 Å². The van der Waals surface area contributed by atoms with Gasteiger partial charge >= 0.3 is 0 Å². The lowest BCUT2D eigenvalue weighted by molar-refractivity contribution is -0.113. The number of anilines is 1. The van der Waals surface area contributed by atoms with Gasteiger partial charge in [-0.05, 0) is 54.6 Å². The number of carbonyl (C=O) groups is 2. The number of amides is 2. The van der Waals surface area contributed by atoms with Crippen LogP contribution < -0.4 is 11.1 Å². The zero-order valence-electron chi connectivity index (χ0n) is 17.3. The number of nitrogens with zero attached hydrogens (tertiary/aromatic N) is 3. The first-order valence-electron chi connectivity index (χ1n) is 9.82. The molecule has 34 heavy (non-hydrogen) atoms. The number of carbonyl (C=O) groups excluding carboxylic acids is 2. The molecule has 0 saturated heterocycles. The number of halogens is 3. The van der Waals surface area contributed by atoms with E-state index in [1.165, 1.54) is 53.1 Å². The Morgan fingerprint density at radius 1 is 0.941 bits per heavy atom. The summed E-state index contributed by atoms with van der Waals surface area (Å²) in [4.78, 5) is 23.8. The smallest absolute Gasteiger partial charge is 0.248 e. The van der Waals surface area contributed by atoms with Gasteiger partial charge in [0.1, 0.15) is 17.5 Å². The van der Waals surface area contributed by atoms with Crippen LogP contribution in [0.25, 0.3) is 17.1 Å². The van der Waals surface area contributed by atoms with Gasteiger partial charge < -0.3 is 11.1 Å². The van der Waals surface area contributed by atoms with Crippen molar-refractivity contribution in [1.82, 2.24) is 14.8 Å². The Labute approximate surface area is 195 Å². The summed E-state index contributed by atoms with van der Waals surface area (Å²) >= 11 is 0.958. The molecule has 0 aliphatic carbocycles. The van der Waals surface area contributed by atoms with E-state index in [4.69, 9.17) is 5.73 Å². The Bertz CT molecular complexity index is 1380. The lowest BCUT2D eigenvalue weighted by atomic mass is 10.2. The zero-order valence-corrected chi connectivity index (χ0v) is 18.2. The summed E-state index contributed by atoms with van der Waals surface area (Å²) in [5.74, 6) is -3.14. The predicted molar refractivity (Wildman–Crippen MR) is 121 cm³/mol. The summed E-state index contributed by atoms with van der Waals surface area (Å²) in [6.45, 7) is 0. The standard InChI is InChI=1S/C23H16F3N5O2S/c24-14-6-8-15(9-7-14)31-22(16-3-1-2-4-17(16)25)29-30-23(31)34-12-20(32)28-19-11-13(21(27)33)5-10-18(19)26/h1-11H,12H2,(H2,27,33)(H,28,32). The van der Waals surface area contributed by atoms with Crippen molar-refractivity contribution < 1.29 is 22.8 Å². The fourth-order valence-electron chi connectivity index (χ4n) is 3.09. The first kappa shape index (κ1) is 23.1. The number of thioether (sulfide) groups is 1. The minimum absolute atomic E-state index is 0.0370. The van der Waals surface area contributed by atoms with Gasteiger partial charge in [-0.2, -0.15) is 0 Å². The topological polar surface area (TPSA) is 103 Å². The molecule has 172 valence electrons. The molecule has 0 spiro atoms. The van der Waals surface area contributed by atoms with Crippen LogP contribution in [0, 0.1) is 17.5 Å². The second-order valence-electron chi connectivity index (χ2n) is 6.99. The molecule has 0 bridgehead atoms. The Balaban J connectivity index is 1.61. The molecule has 0 unspecified atom stereocenters. The Morgan fingerprint density at radius 2 is 1.68 bits per heavy atom. The highest BCUT2D eigenvalue weighted by atomic mass is 32.2. The maximum atomic E-state index is 14.4. The van der Waals surface area contributed by atoms with Crippen molar-refractivity contribution in [1.29, 1.82) is 0 Å². The van der Waals surface area contributed by atoms with Crippen molar-refractivity contribution in [3.8, 4) is 17.1 Å². The molecule has 0 aliphatic rings. The molecule has 1 heterocycles. The molecule has 4 rings (SSSR count). The van der Waals surface area contributed by atoms with Gasteiger partial charge in [-0.25, -0.2) is 13.2 Å². The van der Waals surface area contributed by atoms with Crippen LogP contribution in [0.5, 0.6) is 0 Å². The number of nitrogens with one attached hydrogen (secondary N) is 1. The van der Waals surface area contributed by atoms with Crippen LogP contribution in [0.4, 0.5) is 18.9 Å². The van der Waals surface area contributed by atoms with Crippen molar-refractivity contribution in [2.45, 2.75) is 5.16 Å². The molecule has 7 nitrogen and oxygen atoms in total. The highest BCUT2D eigenvalue weighted by Crippen LogP contribution is 2.29.